The van der Waals surface area contributed by atoms with Crippen molar-refractivity contribution in [2.75, 3.05) is 41.6 Å². The number of hydrogen-bond donors (Lipinski definition) is 2. The lowest BCUT2D eigenvalue weighted by Gasteiger charge is -2.28. The Morgan fingerprint density at radius 2 is 1.80 bits per heavy atom. The van der Waals surface area contributed by atoms with Crippen LogP contribution in [-0.4, -0.2) is 50.3 Å². The van der Waals surface area contributed by atoms with Gasteiger partial charge in [-0.25, -0.2) is 13.4 Å². The van der Waals surface area contributed by atoms with Gasteiger partial charge in [0.1, 0.15) is 0 Å². The third kappa shape index (κ3) is 4.83. The average molecular weight is 446 g/mol. The van der Waals surface area contributed by atoms with Gasteiger partial charge in [0.25, 0.3) is 0 Å². The van der Waals surface area contributed by atoms with Gasteiger partial charge < -0.3 is 10.2 Å². The topological polar surface area (TPSA) is 87.2 Å². The van der Waals surface area contributed by atoms with Crippen LogP contribution in [0.1, 0.15) is 18.4 Å². The van der Waals surface area contributed by atoms with Crippen LogP contribution < -0.4 is 14.9 Å². The molecule has 2 aromatic carbocycles. The summed E-state index contributed by atoms with van der Waals surface area (Å²) in [7, 11) is -3.64. The number of piperazine rings is 1. The van der Waals surface area contributed by atoms with E-state index in [0.29, 0.717) is 27.7 Å². The maximum absolute atomic E-state index is 13.0. The van der Waals surface area contributed by atoms with E-state index in [-0.39, 0.29) is 11.7 Å². The average Bonchev–Trinajstić information content (AvgIpc) is 2.74. The summed E-state index contributed by atoms with van der Waals surface area (Å²) in [6, 6.07) is 14.7. The van der Waals surface area contributed by atoms with Crippen molar-refractivity contribution < 1.29 is 8.42 Å². The highest BCUT2D eigenvalue weighted by Crippen LogP contribution is 2.26. The smallest absolute Gasteiger partial charge is 0.234 e. The molecule has 0 radical (unpaired) electrons. The fourth-order valence-electron chi connectivity index (χ4n) is 3.55. The molecule has 3 aromatic rings. The zero-order chi connectivity index (χ0) is 21.1. The van der Waals surface area contributed by atoms with Crippen molar-refractivity contribution >= 4 is 44.3 Å². The van der Waals surface area contributed by atoms with Crippen LogP contribution in [0.2, 0.25) is 5.02 Å². The molecule has 1 unspecified atom stereocenters. The standard InChI is InChI=1S/C21H24ClN5O2S/c1-15(16-6-8-17(22)9-7-16)14-30(28,29)26-20-18-4-2-3-5-19(18)24-21(25-20)27-12-10-23-11-13-27/h2-9,15,23H,10-14H2,1H3,(H,24,25,26). The lowest BCUT2D eigenvalue weighted by atomic mass is 10.0. The molecule has 2 heterocycles. The highest BCUT2D eigenvalue weighted by molar-refractivity contribution is 7.92. The Kier molecular flexibility index (Phi) is 6.08. The number of benzene rings is 2. The van der Waals surface area contributed by atoms with Gasteiger partial charge in [-0.05, 0) is 35.7 Å². The molecule has 0 spiro atoms. The first-order valence-corrected chi connectivity index (χ1v) is 11.9. The maximum atomic E-state index is 13.0. The van der Waals surface area contributed by atoms with Crippen molar-refractivity contribution in [1.29, 1.82) is 0 Å². The SMILES string of the molecule is CC(CS(=O)(=O)Nc1nc(N2CCNCC2)nc2ccccc12)c1ccc(Cl)cc1. The number of aromatic nitrogens is 2. The first-order chi connectivity index (χ1) is 14.4. The number of halogens is 1. The number of hydrogen-bond acceptors (Lipinski definition) is 6. The number of rotatable bonds is 6. The number of sulfonamides is 1. The van der Waals surface area contributed by atoms with E-state index in [9.17, 15) is 8.42 Å². The minimum atomic E-state index is -3.64. The first kappa shape index (κ1) is 20.8. The summed E-state index contributed by atoms with van der Waals surface area (Å²) in [6.45, 7) is 5.12. The maximum Gasteiger partial charge on any atom is 0.234 e. The molecule has 1 fully saturated rings. The lowest BCUT2D eigenvalue weighted by Crippen LogP contribution is -2.44. The van der Waals surface area contributed by atoms with Crippen molar-refractivity contribution in [3.8, 4) is 0 Å². The van der Waals surface area contributed by atoms with E-state index >= 15 is 0 Å². The summed E-state index contributed by atoms with van der Waals surface area (Å²) < 4.78 is 28.6. The molecule has 1 atom stereocenters. The molecule has 158 valence electrons. The Bertz CT molecular complexity index is 1130. The molecule has 0 saturated carbocycles. The molecule has 2 N–H and O–H groups in total. The molecule has 1 saturated heterocycles. The van der Waals surface area contributed by atoms with Gasteiger partial charge in [0.2, 0.25) is 16.0 Å². The second-order valence-corrected chi connectivity index (χ2v) is 9.67. The molecular formula is C21H24ClN5O2S. The molecule has 0 aliphatic carbocycles. The highest BCUT2D eigenvalue weighted by atomic mass is 35.5. The Balaban J connectivity index is 1.62. The van der Waals surface area contributed by atoms with Crippen LogP contribution >= 0.6 is 11.6 Å². The largest absolute Gasteiger partial charge is 0.338 e. The summed E-state index contributed by atoms with van der Waals surface area (Å²) >= 11 is 5.94. The van der Waals surface area contributed by atoms with Crippen LogP contribution in [0, 0.1) is 0 Å². The predicted octanol–water partition coefficient (Wildman–Crippen LogP) is 3.24. The number of nitrogens with zero attached hydrogens (tertiary/aromatic N) is 3. The second kappa shape index (κ2) is 8.75. The van der Waals surface area contributed by atoms with Crippen LogP contribution in [0.4, 0.5) is 11.8 Å². The predicted molar refractivity (Wildman–Crippen MR) is 122 cm³/mol. The van der Waals surface area contributed by atoms with Crippen molar-refractivity contribution in [2.24, 2.45) is 0 Å². The van der Waals surface area contributed by atoms with Crippen LogP contribution in [0.3, 0.4) is 0 Å². The second-order valence-electron chi connectivity index (χ2n) is 7.46. The number of fused-ring (bicyclic) bond motifs is 1. The molecule has 1 aliphatic rings. The fraction of sp³-hybridized carbons (Fsp3) is 0.333. The molecular weight excluding hydrogens is 422 g/mol. The molecule has 0 amide bonds. The van der Waals surface area contributed by atoms with Crippen LogP contribution in [0.15, 0.2) is 48.5 Å². The number of nitrogens with one attached hydrogen (secondary N) is 2. The van der Waals surface area contributed by atoms with Crippen LogP contribution in [-0.2, 0) is 10.0 Å². The first-order valence-electron chi connectivity index (χ1n) is 9.90. The molecule has 30 heavy (non-hydrogen) atoms. The Morgan fingerprint density at radius 1 is 1.10 bits per heavy atom. The third-order valence-electron chi connectivity index (χ3n) is 5.15. The van der Waals surface area contributed by atoms with Gasteiger partial charge in [0, 0.05) is 36.6 Å². The third-order valence-corrected chi connectivity index (χ3v) is 6.85. The van der Waals surface area contributed by atoms with Gasteiger partial charge in [-0.1, -0.05) is 42.8 Å². The zero-order valence-electron chi connectivity index (χ0n) is 16.7. The Morgan fingerprint density at radius 3 is 2.53 bits per heavy atom. The monoisotopic (exact) mass is 445 g/mol. The minimum absolute atomic E-state index is 0.0596. The van der Waals surface area contributed by atoms with E-state index in [4.69, 9.17) is 11.6 Å². The summed E-state index contributed by atoms with van der Waals surface area (Å²) in [5, 5.41) is 4.60. The Hall–Kier alpha value is -2.42. The highest BCUT2D eigenvalue weighted by Gasteiger charge is 2.21. The van der Waals surface area contributed by atoms with Gasteiger partial charge in [-0.15, -0.1) is 0 Å². The molecule has 1 aromatic heterocycles. The van der Waals surface area contributed by atoms with Crippen molar-refractivity contribution in [3.63, 3.8) is 0 Å². The number of para-hydroxylation sites is 1. The van der Waals surface area contributed by atoms with E-state index in [2.05, 4.69) is 24.9 Å². The van der Waals surface area contributed by atoms with Crippen molar-refractivity contribution in [3.05, 3.63) is 59.1 Å². The van der Waals surface area contributed by atoms with Crippen LogP contribution in [0.5, 0.6) is 0 Å². The van der Waals surface area contributed by atoms with E-state index in [1.807, 2.05) is 43.3 Å². The van der Waals surface area contributed by atoms with Gasteiger partial charge in [0.05, 0.1) is 11.3 Å². The summed E-state index contributed by atoms with van der Waals surface area (Å²) in [6.07, 6.45) is 0. The summed E-state index contributed by atoms with van der Waals surface area (Å²) in [5.41, 5.74) is 1.63. The van der Waals surface area contributed by atoms with Crippen LogP contribution in [0.25, 0.3) is 10.9 Å². The molecule has 4 rings (SSSR count). The lowest BCUT2D eigenvalue weighted by molar-refractivity contribution is 0.580. The molecule has 7 nitrogen and oxygen atoms in total. The quantitative estimate of drug-likeness (QED) is 0.605. The molecule has 1 aliphatic heterocycles. The zero-order valence-corrected chi connectivity index (χ0v) is 18.2. The van der Waals surface area contributed by atoms with E-state index in [0.717, 1.165) is 31.7 Å². The normalized spacial score (nSPS) is 15.9. The number of anilines is 2. The van der Waals surface area contributed by atoms with Gasteiger partial charge in [0.15, 0.2) is 5.82 Å². The van der Waals surface area contributed by atoms with Gasteiger partial charge >= 0.3 is 0 Å². The van der Waals surface area contributed by atoms with Crippen molar-refractivity contribution in [1.82, 2.24) is 15.3 Å². The summed E-state index contributed by atoms with van der Waals surface area (Å²) in [5.74, 6) is 0.604. The van der Waals surface area contributed by atoms with E-state index in [1.54, 1.807) is 12.1 Å². The van der Waals surface area contributed by atoms with E-state index < -0.39 is 10.0 Å². The fourth-order valence-corrected chi connectivity index (χ4v) is 5.06. The van der Waals surface area contributed by atoms with E-state index in [1.165, 1.54) is 0 Å². The van der Waals surface area contributed by atoms with Crippen molar-refractivity contribution in [2.45, 2.75) is 12.8 Å². The van der Waals surface area contributed by atoms with Gasteiger partial charge in [-0.3, -0.25) is 4.72 Å². The molecule has 0 bridgehead atoms. The van der Waals surface area contributed by atoms with Gasteiger partial charge in [-0.2, -0.15) is 4.98 Å². The Labute approximate surface area is 181 Å². The molecule has 9 heteroatoms. The minimum Gasteiger partial charge on any atom is -0.338 e. The summed E-state index contributed by atoms with van der Waals surface area (Å²) in [4.78, 5) is 11.3.